The molecule has 0 saturated heterocycles. The van der Waals surface area contributed by atoms with Crippen molar-refractivity contribution in [3.8, 4) is 5.69 Å². The van der Waals surface area contributed by atoms with Crippen LogP contribution in [0.2, 0.25) is 0 Å². The van der Waals surface area contributed by atoms with Gasteiger partial charge in [-0.1, -0.05) is 31.5 Å². The minimum absolute atomic E-state index is 0.629. The number of rotatable bonds is 3. The average molecular weight is 256 g/mol. The lowest BCUT2D eigenvalue weighted by Crippen LogP contribution is -2.25. The van der Waals surface area contributed by atoms with E-state index in [-0.39, 0.29) is 0 Å². The van der Waals surface area contributed by atoms with Gasteiger partial charge in [-0.2, -0.15) is 5.10 Å². The van der Waals surface area contributed by atoms with Gasteiger partial charge in [0, 0.05) is 6.20 Å². The SMILES string of the molecule is CCC1CCC(O)(c2ccnn2-c2ccccc2)C1. The Hall–Kier alpha value is -1.61. The summed E-state index contributed by atoms with van der Waals surface area (Å²) < 4.78 is 1.87. The third kappa shape index (κ3) is 2.19. The predicted molar refractivity (Wildman–Crippen MR) is 75.1 cm³/mol. The molecule has 2 atom stereocenters. The number of benzene rings is 1. The van der Waals surface area contributed by atoms with Crippen LogP contribution in [0.4, 0.5) is 0 Å². The monoisotopic (exact) mass is 256 g/mol. The number of aromatic nitrogens is 2. The summed E-state index contributed by atoms with van der Waals surface area (Å²) in [4.78, 5) is 0. The number of hydrogen-bond donors (Lipinski definition) is 1. The third-order valence-electron chi connectivity index (χ3n) is 4.29. The van der Waals surface area contributed by atoms with Crippen LogP contribution in [0.1, 0.15) is 38.3 Å². The van der Waals surface area contributed by atoms with Crippen LogP contribution >= 0.6 is 0 Å². The Labute approximate surface area is 113 Å². The lowest BCUT2D eigenvalue weighted by molar-refractivity contribution is 0.0329. The minimum atomic E-state index is -0.715. The van der Waals surface area contributed by atoms with E-state index in [1.165, 1.54) is 0 Å². The molecule has 0 radical (unpaired) electrons. The molecule has 3 heteroatoms. The molecule has 100 valence electrons. The summed E-state index contributed by atoms with van der Waals surface area (Å²) in [7, 11) is 0. The zero-order chi connectivity index (χ0) is 13.3. The second-order valence-electron chi connectivity index (χ2n) is 5.51. The maximum atomic E-state index is 10.9. The fourth-order valence-electron chi connectivity index (χ4n) is 3.14. The molecule has 1 aliphatic carbocycles. The molecular formula is C16H20N2O. The van der Waals surface area contributed by atoms with Gasteiger partial charge in [-0.25, -0.2) is 4.68 Å². The van der Waals surface area contributed by atoms with Crippen LogP contribution in [0.15, 0.2) is 42.6 Å². The van der Waals surface area contributed by atoms with E-state index in [2.05, 4.69) is 12.0 Å². The van der Waals surface area contributed by atoms with Crippen molar-refractivity contribution >= 4 is 0 Å². The van der Waals surface area contributed by atoms with Crippen molar-refractivity contribution < 1.29 is 5.11 Å². The van der Waals surface area contributed by atoms with E-state index >= 15 is 0 Å². The van der Waals surface area contributed by atoms with Crippen LogP contribution in [0.3, 0.4) is 0 Å². The normalized spacial score (nSPS) is 26.7. The topological polar surface area (TPSA) is 38.1 Å². The van der Waals surface area contributed by atoms with Crippen LogP contribution in [0.5, 0.6) is 0 Å². The van der Waals surface area contributed by atoms with Crippen molar-refractivity contribution in [1.29, 1.82) is 0 Å². The fraction of sp³-hybridized carbons (Fsp3) is 0.438. The Morgan fingerprint density at radius 3 is 2.79 bits per heavy atom. The van der Waals surface area contributed by atoms with Gasteiger partial charge in [0.05, 0.1) is 11.4 Å². The number of para-hydroxylation sites is 1. The zero-order valence-corrected chi connectivity index (χ0v) is 11.3. The van der Waals surface area contributed by atoms with E-state index in [0.29, 0.717) is 5.92 Å². The summed E-state index contributed by atoms with van der Waals surface area (Å²) in [5, 5.41) is 15.3. The summed E-state index contributed by atoms with van der Waals surface area (Å²) in [6, 6.07) is 12.0. The predicted octanol–water partition coefficient (Wildman–Crippen LogP) is 3.27. The standard InChI is InChI=1S/C16H20N2O/c1-2-13-8-10-16(19,12-13)15-9-11-17-18(15)14-6-4-3-5-7-14/h3-7,9,11,13,19H,2,8,10,12H2,1H3. The molecular weight excluding hydrogens is 236 g/mol. The van der Waals surface area contributed by atoms with Gasteiger partial charge in [0.25, 0.3) is 0 Å². The lowest BCUT2D eigenvalue weighted by atomic mass is 9.95. The Morgan fingerprint density at radius 2 is 2.11 bits per heavy atom. The van der Waals surface area contributed by atoms with Gasteiger partial charge < -0.3 is 5.11 Å². The second-order valence-corrected chi connectivity index (χ2v) is 5.51. The third-order valence-corrected chi connectivity index (χ3v) is 4.29. The van der Waals surface area contributed by atoms with E-state index in [1.807, 2.05) is 41.1 Å². The molecule has 1 aromatic heterocycles. The molecule has 1 heterocycles. The molecule has 3 nitrogen and oxygen atoms in total. The van der Waals surface area contributed by atoms with Crippen molar-refractivity contribution in [3.05, 3.63) is 48.3 Å². The Morgan fingerprint density at radius 1 is 1.32 bits per heavy atom. The van der Waals surface area contributed by atoms with Crippen LogP contribution in [-0.4, -0.2) is 14.9 Å². The Kier molecular flexibility index (Phi) is 3.15. The largest absolute Gasteiger partial charge is 0.384 e. The van der Waals surface area contributed by atoms with Crippen LogP contribution in [-0.2, 0) is 5.60 Å². The second kappa shape index (κ2) is 4.82. The number of hydrogen-bond acceptors (Lipinski definition) is 2. The highest BCUT2D eigenvalue weighted by molar-refractivity contribution is 5.34. The highest BCUT2D eigenvalue weighted by Gasteiger charge is 2.40. The summed E-state index contributed by atoms with van der Waals surface area (Å²) in [5.74, 6) is 0.629. The van der Waals surface area contributed by atoms with Gasteiger partial charge in [0.15, 0.2) is 0 Å². The molecule has 19 heavy (non-hydrogen) atoms. The molecule has 1 N–H and O–H groups in total. The molecule has 3 rings (SSSR count). The van der Waals surface area contributed by atoms with Gasteiger partial charge >= 0.3 is 0 Å². The quantitative estimate of drug-likeness (QED) is 0.915. The molecule has 1 aromatic carbocycles. The summed E-state index contributed by atoms with van der Waals surface area (Å²) in [6.45, 7) is 2.20. The van der Waals surface area contributed by atoms with E-state index < -0.39 is 5.60 Å². The zero-order valence-electron chi connectivity index (χ0n) is 11.3. The highest BCUT2D eigenvalue weighted by atomic mass is 16.3. The maximum Gasteiger partial charge on any atom is 0.107 e. The molecule has 0 spiro atoms. The van der Waals surface area contributed by atoms with Gasteiger partial charge in [-0.05, 0) is 43.4 Å². The highest BCUT2D eigenvalue weighted by Crippen LogP contribution is 2.43. The average Bonchev–Trinajstić information content (AvgIpc) is 3.07. The van der Waals surface area contributed by atoms with Crippen molar-refractivity contribution in [2.24, 2.45) is 5.92 Å². The summed E-state index contributed by atoms with van der Waals surface area (Å²) in [5.41, 5.74) is 1.22. The number of nitrogens with zero attached hydrogens (tertiary/aromatic N) is 2. The van der Waals surface area contributed by atoms with Gasteiger partial charge in [-0.15, -0.1) is 0 Å². The molecule has 0 amide bonds. The van der Waals surface area contributed by atoms with E-state index in [1.54, 1.807) is 6.20 Å². The first-order valence-corrected chi connectivity index (χ1v) is 7.05. The molecule has 2 unspecified atom stereocenters. The Bertz CT molecular complexity index is 549. The minimum Gasteiger partial charge on any atom is -0.384 e. The van der Waals surface area contributed by atoms with Crippen molar-refractivity contribution in [3.63, 3.8) is 0 Å². The summed E-state index contributed by atoms with van der Waals surface area (Å²) >= 11 is 0. The van der Waals surface area contributed by atoms with Crippen LogP contribution in [0, 0.1) is 5.92 Å². The first-order valence-electron chi connectivity index (χ1n) is 7.05. The van der Waals surface area contributed by atoms with E-state index in [9.17, 15) is 5.11 Å². The maximum absolute atomic E-state index is 10.9. The molecule has 0 bridgehead atoms. The summed E-state index contributed by atoms with van der Waals surface area (Å²) in [6.07, 6.45) is 5.71. The smallest absolute Gasteiger partial charge is 0.107 e. The van der Waals surface area contributed by atoms with Gasteiger partial charge in [0.1, 0.15) is 5.60 Å². The van der Waals surface area contributed by atoms with Crippen LogP contribution < -0.4 is 0 Å². The van der Waals surface area contributed by atoms with Gasteiger partial charge in [0.2, 0.25) is 0 Å². The fourth-order valence-corrected chi connectivity index (χ4v) is 3.14. The van der Waals surface area contributed by atoms with Crippen molar-refractivity contribution in [2.75, 3.05) is 0 Å². The van der Waals surface area contributed by atoms with E-state index in [0.717, 1.165) is 37.1 Å². The van der Waals surface area contributed by atoms with Crippen molar-refractivity contribution in [2.45, 2.75) is 38.2 Å². The molecule has 0 aliphatic heterocycles. The first-order chi connectivity index (χ1) is 9.23. The molecule has 2 aromatic rings. The van der Waals surface area contributed by atoms with Crippen molar-refractivity contribution in [1.82, 2.24) is 9.78 Å². The Balaban J connectivity index is 1.97. The molecule has 1 saturated carbocycles. The lowest BCUT2D eigenvalue weighted by Gasteiger charge is -2.24. The number of aliphatic hydroxyl groups is 1. The van der Waals surface area contributed by atoms with Crippen LogP contribution in [0.25, 0.3) is 5.69 Å². The molecule has 1 fully saturated rings. The molecule has 1 aliphatic rings. The first kappa shape index (κ1) is 12.4. The van der Waals surface area contributed by atoms with E-state index in [4.69, 9.17) is 0 Å². The van der Waals surface area contributed by atoms with Gasteiger partial charge in [-0.3, -0.25) is 0 Å².